The predicted molar refractivity (Wildman–Crippen MR) is 134 cm³/mol. The van der Waals surface area contributed by atoms with Gasteiger partial charge in [0, 0.05) is 47.4 Å². The Bertz CT molecular complexity index is 1130. The Hall–Kier alpha value is -3.78. The van der Waals surface area contributed by atoms with E-state index < -0.39 is 6.09 Å². The average molecular weight is 480 g/mol. The molecule has 8 nitrogen and oxygen atoms in total. The second-order valence-corrected chi connectivity index (χ2v) is 8.56. The highest BCUT2D eigenvalue weighted by molar-refractivity contribution is 6.30. The largest absolute Gasteiger partial charge is 0.449 e. The SMILES string of the molecule is Nc1ccc(NC(=O)c2ccc(Cl)cc2)c(NC(=O)OCC2CCN(c3ccncc3)CC2)c1. The number of nitrogen functional groups attached to an aromatic ring is 1. The molecule has 0 bridgehead atoms. The van der Waals surface area contributed by atoms with Crippen molar-refractivity contribution in [2.45, 2.75) is 12.8 Å². The molecule has 0 radical (unpaired) electrons. The number of piperidine rings is 1. The summed E-state index contributed by atoms with van der Waals surface area (Å²) in [6, 6.07) is 15.4. The number of aromatic nitrogens is 1. The molecule has 0 aliphatic carbocycles. The van der Waals surface area contributed by atoms with Gasteiger partial charge in [-0.15, -0.1) is 0 Å². The molecule has 4 rings (SSSR count). The molecule has 9 heteroatoms. The first-order valence-corrected chi connectivity index (χ1v) is 11.4. The van der Waals surface area contributed by atoms with Crippen LogP contribution in [0.3, 0.4) is 0 Å². The highest BCUT2D eigenvalue weighted by atomic mass is 35.5. The average Bonchev–Trinajstić information content (AvgIpc) is 2.85. The Morgan fingerprint density at radius 3 is 2.41 bits per heavy atom. The summed E-state index contributed by atoms with van der Waals surface area (Å²) in [6.07, 6.45) is 4.84. The summed E-state index contributed by atoms with van der Waals surface area (Å²) in [6.45, 7) is 2.12. The minimum atomic E-state index is -0.593. The first-order valence-electron chi connectivity index (χ1n) is 11.0. The maximum absolute atomic E-state index is 12.6. The lowest BCUT2D eigenvalue weighted by atomic mass is 9.97. The molecule has 176 valence electrons. The number of amides is 2. The van der Waals surface area contributed by atoms with E-state index in [1.54, 1.807) is 54.9 Å². The Kier molecular flexibility index (Phi) is 7.49. The molecule has 34 heavy (non-hydrogen) atoms. The molecular formula is C25H26ClN5O3. The van der Waals surface area contributed by atoms with Gasteiger partial charge in [-0.2, -0.15) is 0 Å². The number of nitrogens with two attached hydrogens (primary N) is 1. The molecule has 1 fully saturated rings. The van der Waals surface area contributed by atoms with Crippen molar-refractivity contribution in [3.8, 4) is 0 Å². The van der Waals surface area contributed by atoms with E-state index in [2.05, 4.69) is 20.5 Å². The minimum Gasteiger partial charge on any atom is -0.449 e. The zero-order valence-corrected chi connectivity index (χ0v) is 19.3. The predicted octanol–water partition coefficient (Wildman–Crippen LogP) is 5.03. The van der Waals surface area contributed by atoms with Gasteiger partial charge in [0.2, 0.25) is 0 Å². The number of halogens is 1. The van der Waals surface area contributed by atoms with Crippen LogP contribution in [0.15, 0.2) is 67.0 Å². The van der Waals surface area contributed by atoms with Crippen LogP contribution in [0.4, 0.5) is 27.5 Å². The zero-order chi connectivity index (χ0) is 23.9. The molecular weight excluding hydrogens is 454 g/mol. The Morgan fingerprint density at radius 2 is 1.71 bits per heavy atom. The summed E-state index contributed by atoms with van der Waals surface area (Å²) in [5.41, 5.74) is 8.70. The van der Waals surface area contributed by atoms with Gasteiger partial charge in [0.1, 0.15) is 0 Å². The summed E-state index contributed by atoms with van der Waals surface area (Å²) in [4.78, 5) is 31.4. The smallest absolute Gasteiger partial charge is 0.411 e. The molecule has 0 spiro atoms. The molecule has 4 N–H and O–H groups in total. The Balaban J connectivity index is 1.30. The Labute approximate surface area is 203 Å². The molecule has 3 aromatic rings. The van der Waals surface area contributed by atoms with Gasteiger partial charge in [0.15, 0.2) is 0 Å². The fourth-order valence-corrected chi connectivity index (χ4v) is 3.95. The first-order chi connectivity index (χ1) is 16.5. The van der Waals surface area contributed by atoms with Gasteiger partial charge in [-0.3, -0.25) is 15.1 Å². The number of carbonyl (C=O) groups excluding carboxylic acids is 2. The standard InChI is InChI=1S/C25H26ClN5O3/c26-19-3-1-18(2-4-19)24(32)29-22-6-5-20(27)15-23(22)30-25(33)34-16-17-9-13-31(14-10-17)21-7-11-28-12-8-21/h1-8,11-12,15,17H,9-10,13-14,16,27H2,(H,29,32)(H,30,33). The maximum Gasteiger partial charge on any atom is 0.411 e. The number of benzene rings is 2. The van der Waals surface area contributed by atoms with Crippen molar-refractivity contribution in [2.24, 2.45) is 5.92 Å². The monoisotopic (exact) mass is 479 g/mol. The van der Waals surface area contributed by atoms with Gasteiger partial charge in [0.05, 0.1) is 18.0 Å². The van der Waals surface area contributed by atoms with Gasteiger partial charge < -0.3 is 20.7 Å². The number of nitrogens with zero attached hydrogens (tertiary/aromatic N) is 2. The van der Waals surface area contributed by atoms with Crippen molar-refractivity contribution in [2.75, 3.05) is 41.0 Å². The number of rotatable bonds is 6. The van der Waals surface area contributed by atoms with E-state index in [1.807, 2.05) is 12.1 Å². The minimum absolute atomic E-state index is 0.286. The fourth-order valence-electron chi connectivity index (χ4n) is 3.82. The van der Waals surface area contributed by atoms with E-state index in [4.69, 9.17) is 22.1 Å². The number of pyridine rings is 1. The van der Waals surface area contributed by atoms with Crippen LogP contribution in [0.5, 0.6) is 0 Å². The van der Waals surface area contributed by atoms with E-state index in [-0.39, 0.29) is 11.8 Å². The van der Waals surface area contributed by atoms with Gasteiger partial charge >= 0.3 is 6.09 Å². The third-order valence-corrected chi connectivity index (χ3v) is 5.98. The van der Waals surface area contributed by atoms with Gasteiger partial charge in [-0.05, 0) is 73.4 Å². The molecule has 2 heterocycles. The van der Waals surface area contributed by atoms with Crippen LogP contribution in [0.25, 0.3) is 0 Å². The third-order valence-electron chi connectivity index (χ3n) is 5.73. The number of hydrogen-bond acceptors (Lipinski definition) is 6. The molecule has 1 aromatic heterocycles. The van der Waals surface area contributed by atoms with Gasteiger partial charge in [-0.1, -0.05) is 11.6 Å². The lowest BCUT2D eigenvalue weighted by molar-refractivity contribution is 0.102. The molecule has 2 aromatic carbocycles. The van der Waals surface area contributed by atoms with Crippen LogP contribution < -0.4 is 21.3 Å². The van der Waals surface area contributed by atoms with Crippen LogP contribution in [0.1, 0.15) is 23.2 Å². The van der Waals surface area contributed by atoms with Crippen molar-refractivity contribution < 1.29 is 14.3 Å². The second-order valence-electron chi connectivity index (χ2n) is 8.13. The fraction of sp³-hybridized carbons (Fsp3) is 0.240. The highest BCUT2D eigenvalue weighted by Gasteiger charge is 2.21. The van der Waals surface area contributed by atoms with Crippen LogP contribution in [0, 0.1) is 5.92 Å². The summed E-state index contributed by atoms with van der Waals surface area (Å²) in [5.74, 6) is -0.0485. The van der Waals surface area contributed by atoms with E-state index in [0.717, 1.165) is 31.6 Å². The number of hydrogen-bond donors (Lipinski definition) is 3. The Morgan fingerprint density at radius 1 is 1.00 bits per heavy atom. The van der Waals surface area contributed by atoms with Crippen molar-refractivity contribution in [1.82, 2.24) is 4.98 Å². The molecule has 0 unspecified atom stereocenters. The van der Waals surface area contributed by atoms with Crippen molar-refractivity contribution in [1.29, 1.82) is 0 Å². The molecule has 1 aliphatic rings. The molecule has 0 atom stereocenters. The normalized spacial score (nSPS) is 13.9. The molecule has 0 saturated carbocycles. The third kappa shape index (κ3) is 6.17. The van der Waals surface area contributed by atoms with Crippen molar-refractivity contribution >= 4 is 46.4 Å². The summed E-state index contributed by atoms with van der Waals surface area (Å²) < 4.78 is 5.48. The summed E-state index contributed by atoms with van der Waals surface area (Å²) in [5, 5.41) is 6.02. The molecule has 1 aliphatic heterocycles. The van der Waals surface area contributed by atoms with Crippen LogP contribution in [0.2, 0.25) is 5.02 Å². The molecule has 2 amide bonds. The van der Waals surface area contributed by atoms with Crippen molar-refractivity contribution in [3.05, 3.63) is 77.6 Å². The lowest BCUT2D eigenvalue weighted by Gasteiger charge is -2.33. The van der Waals surface area contributed by atoms with E-state index in [0.29, 0.717) is 34.3 Å². The van der Waals surface area contributed by atoms with E-state index in [1.165, 1.54) is 0 Å². The summed E-state index contributed by atoms with van der Waals surface area (Å²) >= 11 is 5.89. The van der Waals surface area contributed by atoms with Crippen molar-refractivity contribution in [3.63, 3.8) is 0 Å². The molecule has 1 saturated heterocycles. The van der Waals surface area contributed by atoms with E-state index >= 15 is 0 Å². The number of anilines is 4. The lowest BCUT2D eigenvalue weighted by Crippen LogP contribution is -2.35. The van der Waals surface area contributed by atoms with Crippen LogP contribution in [-0.4, -0.2) is 36.7 Å². The van der Waals surface area contributed by atoms with E-state index in [9.17, 15) is 9.59 Å². The number of nitrogens with one attached hydrogen (secondary N) is 2. The van der Waals surface area contributed by atoms with Gasteiger partial charge in [0.25, 0.3) is 5.91 Å². The number of carbonyl (C=O) groups is 2. The van der Waals surface area contributed by atoms with Crippen LogP contribution >= 0.6 is 11.6 Å². The number of ether oxygens (including phenoxy) is 1. The van der Waals surface area contributed by atoms with Crippen LogP contribution in [-0.2, 0) is 4.74 Å². The van der Waals surface area contributed by atoms with Gasteiger partial charge in [-0.25, -0.2) is 4.79 Å². The summed E-state index contributed by atoms with van der Waals surface area (Å²) in [7, 11) is 0. The quantitative estimate of drug-likeness (QED) is 0.427. The zero-order valence-electron chi connectivity index (χ0n) is 18.5. The second kappa shape index (κ2) is 10.9. The topological polar surface area (TPSA) is 110 Å². The maximum atomic E-state index is 12.6. The highest BCUT2D eigenvalue weighted by Crippen LogP contribution is 2.26. The first kappa shape index (κ1) is 23.4.